The maximum atomic E-state index is 12.8. The van der Waals surface area contributed by atoms with E-state index in [4.69, 9.17) is 0 Å². The molecular formula is C13H20N4OS. The van der Waals surface area contributed by atoms with Crippen LogP contribution in [0.4, 0.5) is 5.13 Å². The third-order valence-electron chi connectivity index (χ3n) is 4.37. The van der Waals surface area contributed by atoms with E-state index in [1.54, 1.807) is 16.8 Å². The quantitative estimate of drug-likeness (QED) is 0.828. The lowest BCUT2D eigenvalue weighted by atomic mass is 9.78. The van der Waals surface area contributed by atoms with E-state index < -0.39 is 0 Å². The third kappa shape index (κ3) is 2.12. The highest BCUT2D eigenvalue weighted by molar-refractivity contribution is 7.13. The van der Waals surface area contributed by atoms with Gasteiger partial charge in [0.1, 0.15) is 5.51 Å². The van der Waals surface area contributed by atoms with Gasteiger partial charge in [-0.2, -0.15) is 0 Å². The molecule has 1 aromatic rings. The molecule has 0 saturated carbocycles. The van der Waals surface area contributed by atoms with Gasteiger partial charge >= 0.3 is 0 Å². The monoisotopic (exact) mass is 280 g/mol. The fourth-order valence-corrected chi connectivity index (χ4v) is 3.90. The van der Waals surface area contributed by atoms with Crippen LogP contribution in [-0.4, -0.2) is 46.7 Å². The van der Waals surface area contributed by atoms with Gasteiger partial charge in [-0.05, 0) is 33.1 Å². The third-order valence-corrected chi connectivity index (χ3v) is 5.12. The summed E-state index contributed by atoms with van der Waals surface area (Å²) in [4.78, 5) is 17.0. The highest BCUT2D eigenvalue weighted by Gasteiger charge is 2.49. The molecule has 0 radical (unpaired) electrons. The van der Waals surface area contributed by atoms with Crippen molar-refractivity contribution < 1.29 is 4.79 Å². The molecule has 5 nitrogen and oxygen atoms in total. The summed E-state index contributed by atoms with van der Waals surface area (Å²) >= 11 is 1.55. The van der Waals surface area contributed by atoms with E-state index in [1.807, 2.05) is 4.90 Å². The number of carbonyl (C=O) groups excluding carboxylic acids is 1. The van der Waals surface area contributed by atoms with Crippen LogP contribution in [0.5, 0.6) is 0 Å². The zero-order valence-electron chi connectivity index (χ0n) is 11.5. The predicted octanol–water partition coefficient (Wildman–Crippen LogP) is 1.77. The van der Waals surface area contributed by atoms with Crippen LogP contribution < -0.4 is 4.90 Å². The van der Waals surface area contributed by atoms with Crippen molar-refractivity contribution in [2.75, 3.05) is 24.5 Å². The van der Waals surface area contributed by atoms with Crippen molar-refractivity contribution in [3.05, 3.63) is 5.51 Å². The van der Waals surface area contributed by atoms with Crippen LogP contribution in [0.2, 0.25) is 0 Å². The average Bonchev–Trinajstić information content (AvgIpc) is 3.02. The zero-order valence-corrected chi connectivity index (χ0v) is 12.3. The van der Waals surface area contributed by atoms with Crippen molar-refractivity contribution in [3.8, 4) is 0 Å². The van der Waals surface area contributed by atoms with E-state index in [-0.39, 0.29) is 5.41 Å². The van der Waals surface area contributed by atoms with E-state index in [2.05, 4.69) is 28.9 Å². The lowest BCUT2D eigenvalue weighted by Gasteiger charge is -2.41. The summed E-state index contributed by atoms with van der Waals surface area (Å²) < 4.78 is 0. The lowest BCUT2D eigenvalue weighted by Crippen LogP contribution is -2.52. The first-order chi connectivity index (χ1) is 9.12. The topological polar surface area (TPSA) is 49.3 Å². The molecule has 3 heterocycles. The Balaban J connectivity index is 1.79. The number of aromatic nitrogens is 2. The summed E-state index contributed by atoms with van der Waals surface area (Å²) in [5.74, 6) is 0.348. The van der Waals surface area contributed by atoms with Gasteiger partial charge in [0.25, 0.3) is 0 Å². The molecule has 1 spiro atoms. The molecule has 1 aromatic heterocycles. The van der Waals surface area contributed by atoms with Crippen LogP contribution in [0.3, 0.4) is 0 Å². The Labute approximate surface area is 117 Å². The SMILES string of the molecule is CC(C)N1CCC[C@@]2(CCN(c3nncs3)C2)C1=O. The number of anilines is 1. The molecule has 19 heavy (non-hydrogen) atoms. The second-order valence-corrected chi connectivity index (χ2v) is 6.68. The van der Waals surface area contributed by atoms with Gasteiger partial charge < -0.3 is 9.80 Å². The summed E-state index contributed by atoms with van der Waals surface area (Å²) in [6, 6.07) is 0.306. The second kappa shape index (κ2) is 4.74. The van der Waals surface area contributed by atoms with Gasteiger partial charge in [-0.1, -0.05) is 11.3 Å². The first-order valence-electron chi connectivity index (χ1n) is 6.95. The summed E-state index contributed by atoms with van der Waals surface area (Å²) in [7, 11) is 0. The minimum atomic E-state index is -0.172. The average molecular weight is 280 g/mol. The number of carbonyl (C=O) groups is 1. The lowest BCUT2D eigenvalue weighted by molar-refractivity contribution is -0.147. The highest BCUT2D eigenvalue weighted by atomic mass is 32.1. The molecule has 1 atom stereocenters. The van der Waals surface area contributed by atoms with Gasteiger partial charge in [-0.25, -0.2) is 0 Å². The van der Waals surface area contributed by atoms with Crippen molar-refractivity contribution in [3.63, 3.8) is 0 Å². The zero-order chi connectivity index (χ0) is 13.5. The van der Waals surface area contributed by atoms with Crippen LogP contribution >= 0.6 is 11.3 Å². The molecule has 2 aliphatic heterocycles. The van der Waals surface area contributed by atoms with E-state index >= 15 is 0 Å². The largest absolute Gasteiger partial charge is 0.346 e. The van der Waals surface area contributed by atoms with Crippen LogP contribution in [0.25, 0.3) is 0 Å². The Hall–Kier alpha value is -1.17. The number of piperidine rings is 1. The van der Waals surface area contributed by atoms with E-state index in [0.717, 1.165) is 44.0 Å². The number of rotatable bonds is 2. The highest BCUT2D eigenvalue weighted by Crippen LogP contribution is 2.42. The molecule has 0 aromatic carbocycles. The Kier molecular flexibility index (Phi) is 3.20. The Morgan fingerprint density at radius 1 is 1.37 bits per heavy atom. The first kappa shape index (κ1) is 12.8. The molecular weight excluding hydrogens is 260 g/mol. The molecule has 0 bridgehead atoms. The first-order valence-corrected chi connectivity index (χ1v) is 7.82. The minimum Gasteiger partial charge on any atom is -0.346 e. The van der Waals surface area contributed by atoms with Crippen LogP contribution in [-0.2, 0) is 4.79 Å². The van der Waals surface area contributed by atoms with Crippen molar-refractivity contribution in [1.82, 2.24) is 15.1 Å². The predicted molar refractivity (Wildman–Crippen MR) is 75.3 cm³/mol. The molecule has 2 fully saturated rings. The minimum absolute atomic E-state index is 0.172. The Bertz CT molecular complexity index is 461. The number of nitrogens with zero attached hydrogens (tertiary/aromatic N) is 4. The van der Waals surface area contributed by atoms with Crippen molar-refractivity contribution >= 4 is 22.4 Å². The Morgan fingerprint density at radius 2 is 2.21 bits per heavy atom. The van der Waals surface area contributed by atoms with Gasteiger partial charge in [0.05, 0.1) is 5.41 Å². The number of hydrogen-bond acceptors (Lipinski definition) is 5. The van der Waals surface area contributed by atoms with E-state index in [9.17, 15) is 4.79 Å². The summed E-state index contributed by atoms with van der Waals surface area (Å²) in [6.07, 6.45) is 3.09. The molecule has 0 unspecified atom stereocenters. The standard InChI is InChI=1S/C13H20N4OS/c1-10(2)17-6-3-4-13(11(17)18)5-7-16(8-13)12-15-14-9-19-12/h9-10H,3-8H2,1-2H3/t13-/m0/s1. The van der Waals surface area contributed by atoms with E-state index in [1.165, 1.54) is 0 Å². The molecule has 2 aliphatic rings. The smallest absolute Gasteiger partial charge is 0.230 e. The maximum absolute atomic E-state index is 12.8. The summed E-state index contributed by atoms with van der Waals surface area (Å²) in [5.41, 5.74) is 1.58. The van der Waals surface area contributed by atoms with Crippen molar-refractivity contribution in [1.29, 1.82) is 0 Å². The summed E-state index contributed by atoms with van der Waals surface area (Å²) in [6.45, 7) is 6.86. The molecule has 6 heteroatoms. The molecule has 104 valence electrons. The molecule has 2 saturated heterocycles. The van der Waals surface area contributed by atoms with Gasteiger partial charge in [0.15, 0.2) is 0 Å². The molecule has 3 rings (SSSR count). The maximum Gasteiger partial charge on any atom is 0.230 e. The van der Waals surface area contributed by atoms with Crippen LogP contribution in [0.15, 0.2) is 5.51 Å². The van der Waals surface area contributed by atoms with Gasteiger partial charge in [0, 0.05) is 25.7 Å². The number of hydrogen-bond donors (Lipinski definition) is 0. The second-order valence-electron chi connectivity index (χ2n) is 5.87. The van der Waals surface area contributed by atoms with Crippen molar-refractivity contribution in [2.24, 2.45) is 5.41 Å². The van der Waals surface area contributed by atoms with Gasteiger partial charge in [-0.3, -0.25) is 4.79 Å². The molecule has 1 amide bonds. The van der Waals surface area contributed by atoms with E-state index in [0.29, 0.717) is 11.9 Å². The summed E-state index contributed by atoms with van der Waals surface area (Å²) in [5, 5.41) is 8.97. The van der Waals surface area contributed by atoms with Gasteiger partial charge in [0.2, 0.25) is 11.0 Å². The molecule has 0 N–H and O–H groups in total. The fraction of sp³-hybridized carbons (Fsp3) is 0.769. The fourth-order valence-electron chi connectivity index (χ4n) is 3.31. The van der Waals surface area contributed by atoms with Crippen LogP contribution in [0.1, 0.15) is 33.1 Å². The van der Waals surface area contributed by atoms with Crippen molar-refractivity contribution in [2.45, 2.75) is 39.2 Å². The number of amides is 1. The number of likely N-dealkylation sites (tertiary alicyclic amines) is 1. The van der Waals surface area contributed by atoms with Gasteiger partial charge in [-0.15, -0.1) is 10.2 Å². The molecule has 0 aliphatic carbocycles. The van der Waals surface area contributed by atoms with Crippen LogP contribution in [0, 0.1) is 5.41 Å². The normalized spacial score (nSPS) is 27.8. The Morgan fingerprint density at radius 3 is 2.89 bits per heavy atom.